The normalized spacial score (nSPS) is 36.5. The van der Waals surface area contributed by atoms with E-state index in [-0.39, 0.29) is 5.91 Å². The average molecular weight is 182 g/mol. The van der Waals surface area contributed by atoms with Crippen LogP contribution in [0.4, 0.5) is 0 Å². The van der Waals surface area contributed by atoms with Crippen LogP contribution in [0.2, 0.25) is 0 Å². The van der Waals surface area contributed by atoms with Crippen molar-refractivity contribution in [3.05, 3.63) is 0 Å². The lowest BCUT2D eigenvalue weighted by Gasteiger charge is -2.22. The van der Waals surface area contributed by atoms with E-state index in [0.29, 0.717) is 12.6 Å². The fourth-order valence-electron chi connectivity index (χ4n) is 2.84. The minimum atomic E-state index is 0.153. The van der Waals surface area contributed by atoms with E-state index in [1.54, 1.807) is 7.05 Å². The first-order valence-corrected chi connectivity index (χ1v) is 5.23. The van der Waals surface area contributed by atoms with Crippen molar-refractivity contribution in [2.45, 2.75) is 31.7 Å². The number of hydrogen-bond acceptors (Lipinski definition) is 2. The molecular formula is C10H18N2O. The fourth-order valence-corrected chi connectivity index (χ4v) is 2.84. The molecule has 0 aromatic rings. The third kappa shape index (κ3) is 1.85. The maximum atomic E-state index is 11.3. The molecule has 0 aromatic heterocycles. The second-order valence-corrected chi connectivity index (χ2v) is 4.38. The zero-order valence-electron chi connectivity index (χ0n) is 8.18. The molecule has 3 nitrogen and oxygen atoms in total. The van der Waals surface area contributed by atoms with E-state index in [1.165, 1.54) is 25.7 Å². The van der Waals surface area contributed by atoms with Crippen LogP contribution in [-0.4, -0.2) is 25.5 Å². The van der Waals surface area contributed by atoms with Gasteiger partial charge < -0.3 is 10.6 Å². The summed E-state index contributed by atoms with van der Waals surface area (Å²) in [5.41, 5.74) is 0. The quantitative estimate of drug-likeness (QED) is 0.667. The predicted molar refractivity (Wildman–Crippen MR) is 51.3 cm³/mol. The lowest BCUT2D eigenvalue weighted by atomic mass is 9.95. The van der Waals surface area contributed by atoms with Crippen LogP contribution in [0.5, 0.6) is 0 Å². The summed E-state index contributed by atoms with van der Waals surface area (Å²) in [5, 5.41) is 5.98. The summed E-state index contributed by atoms with van der Waals surface area (Å²) in [7, 11) is 1.81. The molecule has 0 spiro atoms. The largest absolute Gasteiger partial charge is 0.352 e. The number of nitrogens with one attached hydrogen (secondary N) is 2. The second-order valence-electron chi connectivity index (χ2n) is 4.38. The summed E-state index contributed by atoms with van der Waals surface area (Å²) >= 11 is 0. The van der Waals surface area contributed by atoms with Gasteiger partial charge in [0.15, 0.2) is 0 Å². The van der Waals surface area contributed by atoms with E-state index >= 15 is 0 Å². The van der Waals surface area contributed by atoms with Crippen molar-refractivity contribution in [3.63, 3.8) is 0 Å². The van der Waals surface area contributed by atoms with Gasteiger partial charge in [0.05, 0.1) is 6.54 Å². The molecule has 0 radical (unpaired) electrons. The first-order chi connectivity index (χ1) is 6.29. The summed E-state index contributed by atoms with van der Waals surface area (Å²) in [6.45, 7) is 0.452. The van der Waals surface area contributed by atoms with Crippen molar-refractivity contribution < 1.29 is 4.79 Å². The molecular weight excluding hydrogens is 164 g/mol. The molecule has 13 heavy (non-hydrogen) atoms. The number of likely N-dealkylation sites (N-methyl/N-ethyl adjacent to an activating group) is 1. The first kappa shape index (κ1) is 9.00. The number of hydrogen-bond donors (Lipinski definition) is 2. The highest BCUT2D eigenvalue weighted by Gasteiger charge is 2.39. The van der Waals surface area contributed by atoms with Crippen molar-refractivity contribution in [2.24, 2.45) is 11.8 Å². The molecule has 3 atom stereocenters. The van der Waals surface area contributed by atoms with Gasteiger partial charge in [0.2, 0.25) is 5.91 Å². The molecule has 2 rings (SSSR count). The van der Waals surface area contributed by atoms with E-state index in [4.69, 9.17) is 0 Å². The minimum absolute atomic E-state index is 0.153. The van der Waals surface area contributed by atoms with Gasteiger partial charge in [0, 0.05) is 6.04 Å². The maximum absolute atomic E-state index is 11.3. The smallest absolute Gasteiger partial charge is 0.234 e. The summed E-state index contributed by atoms with van der Waals surface area (Å²) < 4.78 is 0. The topological polar surface area (TPSA) is 41.1 Å². The van der Waals surface area contributed by atoms with Crippen LogP contribution in [0.25, 0.3) is 0 Å². The molecule has 3 heteroatoms. The van der Waals surface area contributed by atoms with Crippen LogP contribution in [0.15, 0.2) is 0 Å². The summed E-state index contributed by atoms with van der Waals surface area (Å²) in [6.07, 6.45) is 5.29. The van der Waals surface area contributed by atoms with E-state index < -0.39 is 0 Å². The maximum Gasteiger partial charge on any atom is 0.234 e. The van der Waals surface area contributed by atoms with E-state index in [2.05, 4.69) is 10.6 Å². The van der Waals surface area contributed by atoms with Gasteiger partial charge in [-0.1, -0.05) is 6.42 Å². The van der Waals surface area contributed by atoms with Gasteiger partial charge in [-0.15, -0.1) is 0 Å². The third-order valence-electron chi connectivity index (χ3n) is 3.42. The Balaban J connectivity index is 1.79. The minimum Gasteiger partial charge on any atom is -0.352 e. The van der Waals surface area contributed by atoms with Gasteiger partial charge in [0.25, 0.3) is 0 Å². The average Bonchev–Trinajstić information content (AvgIpc) is 2.65. The lowest BCUT2D eigenvalue weighted by Crippen LogP contribution is -2.42. The highest BCUT2D eigenvalue weighted by atomic mass is 16.1. The van der Waals surface area contributed by atoms with E-state index in [1.807, 2.05) is 0 Å². The Labute approximate surface area is 79.3 Å². The van der Waals surface area contributed by atoms with Crippen LogP contribution in [-0.2, 0) is 4.79 Å². The summed E-state index contributed by atoms with van der Waals surface area (Å²) in [5.74, 6) is 1.84. The Morgan fingerprint density at radius 1 is 1.38 bits per heavy atom. The zero-order chi connectivity index (χ0) is 9.26. The van der Waals surface area contributed by atoms with Crippen molar-refractivity contribution in [1.82, 2.24) is 10.6 Å². The molecule has 2 N–H and O–H groups in total. The molecule has 0 saturated heterocycles. The van der Waals surface area contributed by atoms with Crippen LogP contribution >= 0.6 is 0 Å². The van der Waals surface area contributed by atoms with Crippen LogP contribution < -0.4 is 10.6 Å². The molecule has 0 aromatic carbocycles. The molecule has 0 heterocycles. The number of fused-ring (bicyclic) bond motifs is 2. The zero-order valence-corrected chi connectivity index (χ0v) is 8.18. The predicted octanol–water partition coefficient (Wildman–Crippen LogP) is 0.511. The molecule has 2 saturated carbocycles. The second kappa shape index (κ2) is 3.66. The number of amides is 1. The Morgan fingerprint density at radius 2 is 2.23 bits per heavy atom. The molecule has 1 amide bonds. The summed E-state index contributed by atoms with van der Waals surface area (Å²) in [6, 6.07) is 0.486. The molecule has 2 fully saturated rings. The van der Waals surface area contributed by atoms with Crippen LogP contribution in [0, 0.1) is 11.8 Å². The molecule has 3 unspecified atom stereocenters. The van der Waals surface area contributed by atoms with Gasteiger partial charge in [-0.25, -0.2) is 0 Å². The van der Waals surface area contributed by atoms with Gasteiger partial charge in [-0.3, -0.25) is 4.79 Å². The van der Waals surface area contributed by atoms with Crippen LogP contribution in [0.1, 0.15) is 25.7 Å². The number of rotatable bonds is 3. The molecule has 74 valence electrons. The Kier molecular flexibility index (Phi) is 2.54. The van der Waals surface area contributed by atoms with Gasteiger partial charge in [0.1, 0.15) is 0 Å². The SMILES string of the molecule is CNCC(=O)NC1CC2CCC1C2. The molecule has 0 aliphatic heterocycles. The third-order valence-corrected chi connectivity index (χ3v) is 3.42. The van der Waals surface area contributed by atoms with Crippen LogP contribution in [0.3, 0.4) is 0 Å². The Bertz CT molecular complexity index is 205. The fraction of sp³-hybridized carbons (Fsp3) is 0.900. The van der Waals surface area contributed by atoms with Crippen molar-refractivity contribution in [2.75, 3.05) is 13.6 Å². The van der Waals surface area contributed by atoms with E-state index in [9.17, 15) is 4.79 Å². The number of carbonyl (C=O) groups is 1. The highest BCUT2D eigenvalue weighted by Crippen LogP contribution is 2.44. The first-order valence-electron chi connectivity index (χ1n) is 5.23. The molecule has 2 aliphatic rings. The van der Waals surface area contributed by atoms with E-state index in [0.717, 1.165) is 11.8 Å². The van der Waals surface area contributed by atoms with Crippen molar-refractivity contribution in [3.8, 4) is 0 Å². The lowest BCUT2D eigenvalue weighted by molar-refractivity contribution is -0.121. The number of carbonyl (C=O) groups excluding carboxylic acids is 1. The van der Waals surface area contributed by atoms with Gasteiger partial charge in [-0.05, 0) is 38.1 Å². The standard InChI is InChI=1S/C10H18N2O/c1-11-6-10(13)12-9-5-7-2-3-8(9)4-7/h7-9,11H,2-6H2,1H3,(H,12,13). The van der Waals surface area contributed by atoms with Crippen molar-refractivity contribution >= 4 is 5.91 Å². The molecule has 2 bridgehead atoms. The highest BCUT2D eigenvalue weighted by molar-refractivity contribution is 5.78. The van der Waals surface area contributed by atoms with Gasteiger partial charge >= 0.3 is 0 Å². The Morgan fingerprint density at radius 3 is 2.77 bits per heavy atom. The Hall–Kier alpha value is -0.570. The monoisotopic (exact) mass is 182 g/mol. The molecule has 2 aliphatic carbocycles. The van der Waals surface area contributed by atoms with Gasteiger partial charge in [-0.2, -0.15) is 0 Å². The van der Waals surface area contributed by atoms with Crippen molar-refractivity contribution in [1.29, 1.82) is 0 Å². The summed E-state index contributed by atoms with van der Waals surface area (Å²) in [4.78, 5) is 11.3.